The van der Waals surface area contributed by atoms with Gasteiger partial charge < -0.3 is 4.74 Å². The van der Waals surface area contributed by atoms with E-state index in [1.54, 1.807) is 0 Å². The van der Waals surface area contributed by atoms with E-state index in [1.807, 2.05) is 0 Å². The quantitative estimate of drug-likeness (QED) is 0.567. The van der Waals surface area contributed by atoms with Crippen LogP contribution in [0.3, 0.4) is 0 Å². The zero-order valence-corrected chi connectivity index (χ0v) is 12.0. The molecule has 0 spiro atoms. The molecule has 0 aromatic carbocycles. The highest BCUT2D eigenvalue weighted by Gasteiger charge is 2.51. The van der Waals surface area contributed by atoms with Crippen LogP contribution in [-0.2, 0) is 9.53 Å². The van der Waals surface area contributed by atoms with Crippen molar-refractivity contribution in [1.29, 1.82) is 0 Å². The van der Waals surface area contributed by atoms with Gasteiger partial charge in [0.1, 0.15) is 6.10 Å². The second-order valence-electron chi connectivity index (χ2n) is 8.22. The van der Waals surface area contributed by atoms with E-state index in [9.17, 15) is 4.79 Å². The van der Waals surface area contributed by atoms with Crippen LogP contribution >= 0.6 is 0 Å². The average molecular weight is 272 g/mol. The summed E-state index contributed by atoms with van der Waals surface area (Å²) in [5.74, 6) is 4.78. The summed E-state index contributed by atoms with van der Waals surface area (Å²) < 4.78 is 6.09. The highest BCUT2D eigenvalue weighted by molar-refractivity contribution is 5.74. The van der Waals surface area contributed by atoms with Crippen molar-refractivity contribution in [3.63, 3.8) is 0 Å². The lowest BCUT2D eigenvalue weighted by Crippen LogP contribution is -2.50. The molecule has 0 aromatic rings. The van der Waals surface area contributed by atoms with Crippen molar-refractivity contribution in [2.24, 2.45) is 41.4 Å². The number of ether oxygens (including phenoxy) is 1. The summed E-state index contributed by atoms with van der Waals surface area (Å²) in [6, 6.07) is 0. The molecule has 0 saturated heterocycles. The summed E-state index contributed by atoms with van der Waals surface area (Å²) in [4.78, 5) is 12.6. The number of esters is 1. The van der Waals surface area contributed by atoms with E-state index in [4.69, 9.17) is 4.74 Å². The normalized spacial score (nSPS) is 54.6. The van der Waals surface area contributed by atoms with Gasteiger partial charge in [-0.05, 0) is 80.5 Å². The first kappa shape index (κ1) is 11.8. The zero-order valence-electron chi connectivity index (χ0n) is 12.0. The van der Waals surface area contributed by atoms with E-state index >= 15 is 0 Å². The minimum atomic E-state index is 0.138. The Bertz CT molecular complexity index is 438. The zero-order chi connectivity index (χ0) is 13.3. The molecular weight excluding hydrogens is 248 g/mol. The molecule has 5 fully saturated rings. The molecule has 0 N–H and O–H groups in total. The van der Waals surface area contributed by atoms with E-state index in [2.05, 4.69) is 12.2 Å². The molecule has 6 bridgehead atoms. The Balaban J connectivity index is 1.30. The summed E-state index contributed by atoms with van der Waals surface area (Å²) >= 11 is 0. The van der Waals surface area contributed by atoms with Crippen LogP contribution in [-0.4, -0.2) is 12.1 Å². The van der Waals surface area contributed by atoms with Crippen molar-refractivity contribution in [3.05, 3.63) is 12.2 Å². The SMILES string of the molecule is O=C(OC1C2CC3CC(C2)CC1C3)C1CC2C=CC1C2. The van der Waals surface area contributed by atoms with Crippen molar-refractivity contribution in [2.45, 2.75) is 51.0 Å². The van der Waals surface area contributed by atoms with Crippen LogP contribution < -0.4 is 0 Å². The van der Waals surface area contributed by atoms with Crippen LogP contribution in [0.4, 0.5) is 0 Å². The topological polar surface area (TPSA) is 26.3 Å². The number of allylic oxidation sites excluding steroid dienone is 2. The van der Waals surface area contributed by atoms with Gasteiger partial charge in [0.25, 0.3) is 0 Å². The van der Waals surface area contributed by atoms with Crippen LogP contribution in [0.15, 0.2) is 12.2 Å². The summed E-state index contributed by atoms with van der Waals surface area (Å²) in [5.41, 5.74) is 0. The Hall–Kier alpha value is -0.790. The number of carbonyl (C=O) groups excluding carboxylic acids is 1. The monoisotopic (exact) mass is 272 g/mol. The lowest BCUT2D eigenvalue weighted by Gasteiger charge is -2.53. The number of fused-ring (bicyclic) bond motifs is 2. The standard InChI is InChI=1S/C18H24O2/c19-18(16-9-10-1-2-13(16)4-10)20-17-14-5-11-3-12(7-14)8-15(17)6-11/h1-2,10-17H,3-9H2. The Labute approximate surface area is 120 Å². The fourth-order valence-corrected chi connectivity index (χ4v) is 6.34. The van der Waals surface area contributed by atoms with Crippen LogP contribution in [0, 0.1) is 41.4 Å². The molecule has 0 aliphatic heterocycles. The first-order chi connectivity index (χ1) is 9.76. The Morgan fingerprint density at radius 1 is 0.850 bits per heavy atom. The molecule has 6 aliphatic carbocycles. The van der Waals surface area contributed by atoms with Gasteiger partial charge in [0.2, 0.25) is 0 Å². The smallest absolute Gasteiger partial charge is 0.309 e. The summed E-state index contributed by atoms with van der Waals surface area (Å²) in [5, 5.41) is 0. The molecule has 108 valence electrons. The van der Waals surface area contributed by atoms with Gasteiger partial charge in [-0.25, -0.2) is 0 Å². The third-order valence-electron chi connectivity index (χ3n) is 6.97. The van der Waals surface area contributed by atoms with Crippen molar-refractivity contribution >= 4 is 5.97 Å². The van der Waals surface area contributed by atoms with Gasteiger partial charge in [-0.2, -0.15) is 0 Å². The summed E-state index contributed by atoms with van der Waals surface area (Å²) in [6.45, 7) is 0. The lowest BCUT2D eigenvalue weighted by molar-refractivity contribution is -0.176. The first-order valence-corrected chi connectivity index (χ1v) is 8.65. The van der Waals surface area contributed by atoms with Crippen molar-refractivity contribution in [1.82, 2.24) is 0 Å². The molecule has 0 heterocycles. The van der Waals surface area contributed by atoms with Crippen LogP contribution in [0.2, 0.25) is 0 Å². The second kappa shape index (κ2) is 4.11. The average Bonchev–Trinajstić information content (AvgIpc) is 3.04. The van der Waals surface area contributed by atoms with Crippen molar-refractivity contribution in [3.8, 4) is 0 Å². The van der Waals surface area contributed by atoms with Gasteiger partial charge >= 0.3 is 5.97 Å². The fourth-order valence-electron chi connectivity index (χ4n) is 6.34. The second-order valence-corrected chi connectivity index (χ2v) is 8.22. The van der Waals surface area contributed by atoms with E-state index < -0.39 is 0 Å². The summed E-state index contributed by atoms with van der Waals surface area (Å²) in [7, 11) is 0. The Morgan fingerprint density at radius 2 is 1.55 bits per heavy atom. The van der Waals surface area contributed by atoms with Gasteiger partial charge in [-0.15, -0.1) is 0 Å². The van der Waals surface area contributed by atoms with Crippen LogP contribution in [0.1, 0.15) is 44.9 Å². The van der Waals surface area contributed by atoms with Gasteiger partial charge in [0.05, 0.1) is 5.92 Å². The molecule has 20 heavy (non-hydrogen) atoms. The molecular formula is C18H24O2. The summed E-state index contributed by atoms with van der Waals surface area (Å²) in [6.07, 6.45) is 13.9. The minimum Gasteiger partial charge on any atom is -0.462 e. The van der Waals surface area contributed by atoms with Gasteiger partial charge in [-0.1, -0.05) is 12.2 Å². The van der Waals surface area contributed by atoms with Gasteiger partial charge in [-0.3, -0.25) is 4.79 Å². The van der Waals surface area contributed by atoms with Gasteiger partial charge in [0.15, 0.2) is 0 Å². The first-order valence-electron chi connectivity index (χ1n) is 8.65. The molecule has 6 aliphatic rings. The maximum atomic E-state index is 12.6. The van der Waals surface area contributed by atoms with Crippen LogP contribution in [0.5, 0.6) is 0 Å². The molecule has 2 nitrogen and oxygen atoms in total. The number of hydrogen-bond donors (Lipinski definition) is 0. The highest BCUT2D eigenvalue weighted by Crippen LogP contribution is 2.55. The van der Waals surface area contributed by atoms with E-state index in [0.29, 0.717) is 23.7 Å². The number of rotatable bonds is 2. The molecule has 6 rings (SSSR count). The minimum absolute atomic E-state index is 0.138. The van der Waals surface area contributed by atoms with Crippen LogP contribution in [0.25, 0.3) is 0 Å². The van der Waals surface area contributed by atoms with E-state index in [0.717, 1.165) is 18.3 Å². The maximum absolute atomic E-state index is 12.6. The molecule has 2 heteroatoms. The Morgan fingerprint density at radius 3 is 2.10 bits per heavy atom. The molecule has 3 unspecified atom stereocenters. The fraction of sp³-hybridized carbons (Fsp3) is 0.833. The predicted molar refractivity (Wildman–Crippen MR) is 75.8 cm³/mol. The maximum Gasteiger partial charge on any atom is 0.309 e. The number of carbonyl (C=O) groups is 1. The number of hydrogen-bond acceptors (Lipinski definition) is 2. The molecule has 5 saturated carbocycles. The predicted octanol–water partition coefficient (Wildman–Crippen LogP) is 3.57. The van der Waals surface area contributed by atoms with E-state index in [-0.39, 0.29) is 18.0 Å². The van der Waals surface area contributed by atoms with Gasteiger partial charge in [0, 0.05) is 0 Å². The van der Waals surface area contributed by atoms with E-state index in [1.165, 1.54) is 38.5 Å². The highest BCUT2D eigenvalue weighted by atomic mass is 16.5. The molecule has 0 radical (unpaired) electrons. The molecule has 0 aromatic heterocycles. The lowest BCUT2D eigenvalue weighted by atomic mass is 9.55. The van der Waals surface area contributed by atoms with Crippen molar-refractivity contribution in [2.75, 3.05) is 0 Å². The largest absolute Gasteiger partial charge is 0.462 e. The van der Waals surface area contributed by atoms with Crippen molar-refractivity contribution < 1.29 is 9.53 Å². The molecule has 3 atom stereocenters. The Kier molecular flexibility index (Phi) is 2.43. The third kappa shape index (κ3) is 1.66. The molecule has 0 amide bonds. The third-order valence-corrected chi connectivity index (χ3v) is 6.97.